The van der Waals surface area contributed by atoms with E-state index in [1.807, 2.05) is 54.6 Å². The molecule has 0 aliphatic rings. The Morgan fingerprint density at radius 2 is 1.83 bits per heavy atom. The van der Waals surface area contributed by atoms with Crippen LogP contribution in [-0.4, -0.2) is 31.2 Å². The Hall–Kier alpha value is -3.25. The van der Waals surface area contributed by atoms with E-state index in [1.165, 1.54) is 0 Å². The molecule has 4 rings (SSSR count). The lowest BCUT2D eigenvalue weighted by atomic mass is 10.1. The fourth-order valence-corrected chi connectivity index (χ4v) is 4.38. The van der Waals surface area contributed by atoms with Crippen molar-refractivity contribution in [2.24, 2.45) is 0 Å². The van der Waals surface area contributed by atoms with Gasteiger partial charge in [0.1, 0.15) is 17.2 Å². The van der Waals surface area contributed by atoms with Crippen molar-refractivity contribution in [3.05, 3.63) is 82.9 Å². The molecule has 0 spiro atoms. The number of methoxy groups -OCH3 is 2. The standard InChI is InChI=1S/C24H24N2O3S/c1-28-19-9-7-17(8-10-19)16-26-20-12-14-30-23(20)15-21(26)24(27)25-13-11-18-5-3-4-6-22(18)29-2/h3-10,12,14-15H,11,13,16H2,1-2H3,(H,25,27). The van der Waals surface area contributed by atoms with Crippen LogP contribution in [0.1, 0.15) is 21.6 Å². The van der Waals surface area contributed by atoms with Gasteiger partial charge in [-0.2, -0.15) is 0 Å². The molecule has 0 aliphatic carbocycles. The van der Waals surface area contributed by atoms with Gasteiger partial charge in [-0.05, 0) is 53.3 Å². The number of rotatable bonds is 8. The van der Waals surface area contributed by atoms with Crippen molar-refractivity contribution in [3.63, 3.8) is 0 Å². The number of nitrogens with one attached hydrogen (secondary N) is 1. The van der Waals surface area contributed by atoms with Gasteiger partial charge in [0.15, 0.2) is 0 Å². The molecule has 4 aromatic rings. The Bertz CT molecular complexity index is 1140. The molecule has 30 heavy (non-hydrogen) atoms. The van der Waals surface area contributed by atoms with Crippen molar-refractivity contribution in [1.82, 2.24) is 9.88 Å². The molecule has 0 saturated heterocycles. The molecule has 0 fully saturated rings. The number of ether oxygens (including phenoxy) is 2. The largest absolute Gasteiger partial charge is 0.497 e. The molecule has 0 bridgehead atoms. The number of carbonyl (C=O) groups is 1. The first-order chi connectivity index (χ1) is 14.7. The first-order valence-electron chi connectivity index (χ1n) is 9.79. The fraction of sp³-hybridized carbons (Fsp3) is 0.208. The third-order valence-electron chi connectivity index (χ3n) is 5.13. The lowest BCUT2D eigenvalue weighted by Crippen LogP contribution is -2.28. The van der Waals surface area contributed by atoms with Gasteiger partial charge in [0.25, 0.3) is 5.91 Å². The van der Waals surface area contributed by atoms with Crippen LogP contribution in [0, 0.1) is 0 Å². The molecular weight excluding hydrogens is 396 g/mol. The molecule has 1 N–H and O–H groups in total. The molecule has 5 nitrogen and oxygen atoms in total. The Balaban J connectivity index is 1.50. The third kappa shape index (κ3) is 4.19. The van der Waals surface area contributed by atoms with Gasteiger partial charge in [0, 0.05) is 13.1 Å². The smallest absolute Gasteiger partial charge is 0.267 e. The first kappa shape index (κ1) is 20.0. The van der Waals surface area contributed by atoms with E-state index in [1.54, 1.807) is 25.6 Å². The summed E-state index contributed by atoms with van der Waals surface area (Å²) in [7, 11) is 3.32. The SMILES string of the molecule is COc1ccc(Cn2c(C(=O)NCCc3ccccc3OC)cc3sccc32)cc1. The lowest BCUT2D eigenvalue weighted by molar-refractivity contribution is 0.0945. The van der Waals surface area contributed by atoms with Gasteiger partial charge in [0.2, 0.25) is 0 Å². The van der Waals surface area contributed by atoms with Gasteiger partial charge < -0.3 is 19.4 Å². The molecule has 2 aromatic heterocycles. The van der Waals surface area contributed by atoms with E-state index in [0.29, 0.717) is 25.2 Å². The topological polar surface area (TPSA) is 52.5 Å². The van der Waals surface area contributed by atoms with E-state index in [-0.39, 0.29) is 5.91 Å². The molecule has 0 aliphatic heterocycles. The highest BCUT2D eigenvalue weighted by molar-refractivity contribution is 7.17. The summed E-state index contributed by atoms with van der Waals surface area (Å²) in [6, 6.07) is 19.9. The van der Waals surface area contributed by atoms with Crippen LogP contribution in [0.2, 0.25) is 0 Å². The van der Waals surface area contributed by atoms with E-state index in [9.17, 15) is 4.79 Å². The quantitative estimate of drug-likeness (QED) is 0.448. The van der Waals surface area contributed by atoms with Crippen LogP contribution in [0.15, 0.2) is 66.0 Å². The second kappa shape index (κ2) is 9.05. The summed E-state index contributed by atoms with van der Waals surface area (Å²) in [6.07, 6.45) is 0.712. The van der Waals surface area contributed by atoms with Crippen LogP contribution in [-0.2, 0) is 13.0 Å². The minimum Gasteiger partial charge on any atom is -0.497 e. The summed E-state index contributed by atoms with van der Waals surface area (Å²) in [5.74, 6) is 1.60. The van der Waals surface area contributed by atoms with Crippen molar-refractivity contribution in [1.29, 1.82) is 0 Å². The Morgan fingerprint density at radius 3 is 2.60 bits per heavy atom. The zero-order chi connectivity index (χ0) is 20.9. The van der Waals surface area contributed by atoms with Crippen molar-refractivity contribution in [2.45, 2.75) is 13.0 Å². The Morgan fingerprint density at radius 1 is 1.03 bits per heavy atom. The number of benzene rings is 2. The summed E-state index contributed by atoms with van der Waals surface area (Å²) < 4.78 is 13.8. The number of aromatic nitrogens is 1. The zero-order valence-corrected chi connectivity index (χ0v) is 17.9. The first-order valence-corrected chi connectivity index (χ1v) is 10.7. The Labute approximate surface area is 179 Å². The van der Waals surface area contributed by atoms with E-state index >= 15 is 0 Å². The maximum absolute atomic E-state index is 13.0. The van der Waals surface area contributed by atoms with Gasteiger partial charge in [-0.1, -0.05) is 30.3 Å². The molecule has 0 radical (unpaired) electrons. The maximum atomic E-state index is 13.0. The summed E-state index contributed by atoms with van der Waals surface area (Å²) in [4.78, 5) is 13.0. The van der Waals surface area contributed by atoms with Crippen molar-refractivity contribution >= 4 is 27.5 Å². The van der Waals surface area contributed by atoms with E-state index < -0.39 is 0 Å². The van der Waals surface area contributed by atoms with Crippen LogP contribution < -0.4 is 14.8 Å². The fourth-order valence-electron chi connectivity index (χ4n) is 3.56. The van der Waals surface area contributed by atoms with Crippen molar-refractivity contribution in [2.75, 3.05) is 20.8 Å². The number of fused-ring (bicyclic) bond motifs is 1. The van der Waals surface area contributed by atoms with Crippen LogP contribution in [0.5, 0.6) is 11.5 Å². The second-order valence-electron chi connectivity index (χ2n) is 6.95. The van der Waals surface area contributed by atoms with Gasteiger partial charge in [0.05, 0.1) is 24.4 Å². The highest BCUT2D eigenvalue weighted by Gasteiger charge is 2.17. The zero-order valence-electron chi connectivity index (χ0n) is 17.1. The summed E-state index contributed by atoms with van der Waals surface area (Å²) >= 11 is 1.64. The predicted octanol–water partition coefficient (Wildman–Crippen LogP) is 4.74. The number of amides is 1. The van der Waals surface area contributed by atoms with Gasteiger partial charge in [-0.25, -0.2) is 0 Å². The molecule has 6 heteroatoms. The minimum absolute atomic E-state index is 0.0678. The summed E-state index contributed by atoms with van der Waals surface area (Å²) in [5.41, 5.74) is 3.94. The number of para-hydroxylation sites is 1. The number of thiophene rings is 1. The number of carbonyl (C=O) groups excluding carboxylic acids is 1. The summed E-state index contributed by atoms with van der Waals surface area (Å²) in [6.45, 7) is 1.17. The van der Waals surface area contributed by atoms with Crippen molar-refractivity contribution < 1.29 is 14.3 Å². The molecule has 1 amide bonds. The van der Waals surface area contributed by atoms with Gasteiger partial charge in [-0.3, -0.25) is 4.79 Å². The molecular formula is C24H24N2O3S. The highest BCUT2D eigenvalue weighted by atomic mass is 32.1. The molecule has 0 atom stereocenters. The number of nitrogens with zero attached hydrogens (tertiary/aromatic N) is 1. The van der Waals surface area contributed by atoms with Crippen LogP contribution in [0.4, 0.5) is 0 Å². The highest BCUT2D eigenvalue weighted by Crippen LogP contribution is 2.27. The third-order valence-corrected chi connectivity index (χ3v) is 5.98. The molecule has 2 heterocycles. The average Bonchev–Trinajstić information content (AvgIpc) is 3.37. The normalized spacial score (nSPS) is 10.9. The molecule has 0 saturated carbocycles. The monoisotopic (exact) mass is 420 g/mol. The predicted molar refractivity (Wildman–Crippen MR) is 121 cm³/mol. The molecule has 0 unspecified atom stereocenters. The van der Waals surface area contributed by atoms with Crippen LogP contribution in [0.25, 0.3) is 10.2 Å². The second-order valence-corrected chi connectivity index (χ2v) is 7.90. The van der Waals surface area contributed by atoms with E-state index in [4.69, 9.17) is 9.47 Å². The van der Waals surface area contributed by atoms with Crippen LogP contribution >= 0.6 is 11.3 Å². The van der Waals surface area contributed by atoms with Crippen LogP contribution in [0.3, 0.4) is 0 Å². The average molecular weight is 421 g/mol. The lowest BCUT2D eigenvalue weighted by Gasteiger charge is -2.12. The minimum atomic E-state index is -0.0678. The van der Waals surface area contributed by atoms with Gasteiger partial charge in [-0.15, -0.1) is 11.3 Å². The van der Waals surface area contributed by atoms with Gasteiger partial charge >= 0.3 is 0 Å². The number of hydrogen-bond donors (Lipinski definition) is 1. The molecule has 154 valence electrons. The molecule has 2 aromatic carbocycles. The summed E-state index contributed by atoms with van der Waals surface area (Å²) in [5, 5.41) is 5.12. The van der Waals surface area contributed by atoms with E-state index in [2.05, 4.69) is 21.3 Å². The van der Waals surface area contributed by atoms with Crippen molar-refractivity contribution in [3.8, 4) is 11.5 Å². The maximum Gasteiger partial charge on any atom is 0.267 e. The Kier molecular flexibility index (Phi) is 6.05. The van der Waals surface area contributed by atoms with E-state index in [0.717, 1.165) is 32.8 Å². The number of hydrogen-bond acceptors (Lipinski definition) is 4.